The van der Waals surface area contributed by atoms with Crippen molar-refractivity contribution in [3.8, 4) is 0 Å². The summed E-state index contributed by atoms with van der Waals surface area (Å²) in [6, 6.07) is 3.27. The first-order valence-corrected chi connectivity index (χ1v) is 9.40. The van der Waals surface area contributed by atoms with E-state index >= 15 is 0 Å². The van der Waals surface area contributed by atoms with Gasteiger partial charge in [-0.2, -0.15) is 0 Å². The van der Waals surface area contributed by atoms with Crippen molar-refractivity contribution in [2.24, 2.45) is 0 Å². The average Bonchev–Trinajstić information content (AvgIpc) is 2.85. The van der Waals surface area contributed by atoms with Crippen molar-refractivity contribution >= 4 is 53.8 Å². The summed E-state index contributed by atoms with van der Waals surface area (Å²) in [5.41, 5.74) is 0.786. The molecule has 2 aromatic rings. The highest BCUT2D eigenvalue weighted by Gasteiger charge is 2.21. The Bertz CT molecular complexity index is 683. The number of aromatic nitrogens is 1. The summed E-state index contributed by atoms with van der Waals surface area (Å²) >= 11 is 5.72. The van der Waals surface area contributed by atoms with E-state index in [9.17, 15) is 8.42 Å². The zero-order valence-corrected chi connectivity index (χ0v) is 14.6. The fraction of sp³-hybridized carbons (Fsp3) is 0.364. The predicted octanol–water partition coefficient (Wildman–Crippen LogP) is 4.07. The highest BCUT2D eigenvalue weighted by atomic mass is 79.9. The summed E-state index contributed by atoms with van der Waals surface area (Å²) in [4.78, 5) is 4.32. The molecule has 0 bridgehead atoms. The number of nitrogens with one attached hydrogen (secondary N) is 1. The first-order valence-electron chi connectivity index (χ1n) is 5.43. The Morgan fingerprint density at radius 3 is 2.47 bits per heavy atom. The molecule has 0 radical (unpaired) electrons. The number of rotatable bonds is 3. The standard InChI is InChI=1S/C11H13BrN2O2S3/c1-11(2,3)7-6-17-10(13-7)14-19(15,16)9-5-4-8(12)18-9/h4-6H,1-3H3,(H,13,14). The molecule has 0 amide bonds. The second kappa shape index (κ2) is 5.16. The number of anilines is 1. The van der Waals surface area contributed by atoms with E-state index in [0.717, 1.165) is 9.48 Å². The number of thiazole rings is 1. The minimum Gasteiger partial charge on any atom is -0.254 e. The van der Waals surface area contributed by atoms with Crippen molar-refractivity contribution in [3.05, 3.63) is 27.0 Å². The minimum absolute atomic E-state index is 0.0911. The Balaban J connectivity index is 2.24. The van der Waals surface area contributed by atoms with E-state index in [1.807, 2.05) is 26.2 Å². The molecule has 2 aromatic heterocycles. The smallest absolute Gasteiger partial charge is 0.254 e. The van der Waals surface area contributed by atoms with Gasteiger partial charge >= 0.3 is 0 Å². The molecule has 0 aliphatic carbocycles. The van der Waals surface area contributed by atoms with Gasteiger partial charge in [0, 0.05) is 10.8 Å². The maximum Gasteiger partial charge on any atom is 0.273 e. The van der Waals surface area contributed by atoms with Crippen LogP contribution in [0.5, 0.6) is 0 Å². The van der Waals surface area contributed by atoms with Gasteiger partial charge in [-0.25, -0.2) is 13.4 Å². The summed E-state index contributed by atoms with van der Waals surface area (Å²) in [5, 5.41) is 2.27. The topological polar surface area (TPSA) is 59.1 Å². The molecular weight excluding hydrogens is 368 g/mol. The molecule has 8 heteroatoms. The lowest BCUT2D eigenvalue weighted by Crippen LogP contribution is -2.14. The summed E-state index contributed by atoms with van der Waals surface area (Å²) in [7, 11) is -3.54. The number of sulfonamides is 1. The summed E-state index contributed by atoms with van der Waals surface area (Å²) in [6.07, 6.45) is 0. The van der Waals surface area contributed by atoms with Crippen molar-refractivity contribution in [1.29, 1.82) is 0 Å². The van der Waals surface area contributed by atoms with Crippen LogP contribution in [0.25, 0.3) is 0 Å². The number of thiophene rings is 1. The lowest BCUT2D eigenvalue weighted by atomic mass is 9.93. The molecule has 0 atom stereocenters. The number of nitrogens with zero attached hydrogens (tertiary/aromatic N) is 1. The van der Waals surface area contributed by atoms with Gasteiger partial charge in [0.2, 0.25) is 0 Å². The van der Waals surface area contributed by atoms with Crippen LogP contribution in [0.1, 0.15) is 26.5 Å². The van der Waals surface area contributed by atoms with Gasteiger partial charge in [-0.3, -0.25) is 4.72 Å². The lowest BCUT2D eigenvalue weighted by molar-refractivity contribution is 0.573. The van der Waals surface area contributed by atoms with Gasteiger partial charge in [0.15, 0.2) is 5.13 Å². The second-order valence-corrected chi connectivity index (χ2v) is 10.2. The molecule has 0 aliphatic rings. The van der Waals surface area contributed by atoms with Crippen LogP contribution in [0.3, 0.4) is 0 Å². The van der Waals surface area contributed by atoms with Crippen LogP contribution in [0, 0.1) is 0 Å². The number of hydrogen-bond acceptors (Lipinski definition) is 5. The average molecular weight is 381 g/mol. The van der Waals surface area contributed by atoms with Gasteiger partial charge in [-0.05, 0) is 28.1 Å². The molecule has 0 fully saturated rings. The van der Waals surface area contributed by atoms with E-state index in [-0.39, 0.29) is 9.62 Å². The van der Waals surface area contributed by atoms with Crippen LogP contribution >= 0.6 is 38.6 Å². The molecule has 0 aliphatic heterocycles. The fourth-order valence-electron chi connectivity index (χ4n) is 1.27. The van der Waals surface area contributed by atoms with Gasteiger partial charge in [0.25, 0.3) is 10.0 Å². The van der Waals surface area contributed by atoms with E-state index in [4.69, 9.17) is 0 Å². The largest absolute Gasteiger partial charge is 0.273 e. The van der Waals surface area contributed by atoms with Gasteiger partial charge < -0.3 is 0 Å². The SMILES string of the molecule is CC(C)(C)c1csc(NS(=O)(=O)c2ccc(Br)s2)n1. The molecule has 0 spiro atoms. The Labute approximate surface area is 129 Å². The maximum atomic E-state index is 12.1. The third-order valence-electron chi connectivity index (χ3n) is 2.31. The first-order chi connectivity index (χ1) is 8.68. The molecule has 4 nitrogen and oxygen atoms in total. The molecule has 0 aromatic carbocycles. The molecule has 0 saturated carbocycles. The van der Waals surface area contributed by atoms with Crippen molar-refractivity contribution in [3.63, 3.8) is 0 Å². The number of halogens is 1. The molecule has 0 unspecified atom stereocenters. The van der Waals surface area contributed by atoms with Crippen molar-refractivity contribution in [2.45, 2.75) is 30.4 Å². The normalized spacial score (nSPS) is 12.6. The highest BCUT2D eigenvalue weighted by molar-refractivity contribution is 9.11. The van der Waals surface area contributed by atoms with Crippen molar-refractivity contribution < 1.29 is 8.42 Å². The van der Waals surface area contributed by atoms with Gasteiger partial charge in [-0.1, -0.05) is 20.8 Å². The van der Waals surface area contributed by atoms with Crippen LogP contribution in [0.4, 0.5) is 5.13 Å². The molecular formula is C11H13BrN2O2S3. The van der Waals surface area contributed by atoms with E-state index in [1.54, 1.807) is 12.1 Å². The maximum absolute atomic E-state index is 12.1. The zero-order chi connectivity index (χ0) is 14.3. The lowest BCUT2D eigenvalue weighted by Gasteiger charge is -2.14. The molecule has 2 heterocycles. The van der Waals surface area contributed by atoms with Crippen molar-refractivity contribution in [1.82, 2.24) is 4.98 Å². The van der Waals surface area contributed by atoms with Crippen LogP contribution in [-0.2, 0) is 15.4 Å². The Hall–Kier alpha value is -0.440. The molecule has 1 N–H and O–H groups in total. The first kappa shape index (κ1) is 15.0. The van der Waals surface area contributed by atoms with Gasteiger partial charge in [-0.15, -0.1) is 22.7 Å². The van der Waals surface area contributed by atoms with Gasteiger partial charge in [0.1, 0.15) is 4.21 Å². The van der Waals surface area contributed by atoms with Crippen LogP contribution in [-0.4, -0.2) is 13.4 Å². The fourth-order valence-corrected chi connectivity index (χ4v) is 5.47. The van der Waals surface area contributed by atoms with Crippen LogP contribution in [0.15, 0.2) is 25.5 Å². The summed E-state index contributed by atoms with van der Waals surface area (Å²) in [5.74, 6) is 0. The molecule has 0 saturated heterocycles. The highest BCUT2D eigenvalue weighted by Crippen LogP contribution is 2.30. The van der Waals surface area contributed by atoms with E-state index < -0.39 is 10.0 Å². The van der Waals surface area contributed by atoms with Crippen molar-refractivity contribution in [2.75, 3.05) is 4.72 Å². The summed E-state index contributed by atoms with van der Waals surface area (Å²) < 4.78 is 27.8. The van der Waals surface area contributed by atoms with Crippen LogP contribution < -0.4 is 4.72 Å². The Morgan fingerprint density at radius 1 is 1.32 bits per heavy atom. The Kier molecular flexibility index (Phi) is 4.06. The monoisotopic (exact) mass is 380 g/mol. The predicted molar refractivity (Wildman–Crippen MR) is 83.6 cm³/mol. The van der Waals surface area contributed by atoms with Crippen LogP contribution in [0.2, 0.25) is 0 Å². The second-order valence-electron chi connectivity index (χ2n) is 4.95. The van der Waals surface area contributed by atoms with E-state index in [0.29, 0.717) is 5.13 Å². The molecule has 2 rings (SSSR count). The third kappa shape index (κ3) is 3.56. The minimum atomic E-state index is -3.54. The third-order valence-corrected chi connectivity index (χ3v) is 6.65. The van der Waals surface area contributed by atoms with E-state index in [1.165, 1.54) is 22.7 Å². The summed E-state index contributed by atoms with van der Waals surface area (Å²) in [6.45, 7) is 6.12. The Morgan fingerprint density at radius 2 is 2.00 bits per heavy atom. The number of hydrogen-bond donors (Lipinski definition) is 1. The zero-order valence-electron chi connectivity index (χ0n) is 10.6. The quantitative estimate of drug-likeness (QED) is 0.872. The molecule has 104 valence electrons. The van der Waals surface area contributed by atoms with Gasteiger partial charge in [0.05, 0.1) is 9.48 Å². The van der Waals surface area contributed by atoms with E-state index in [2.05, 4.69) is 25.6 Å². The molecule has 19 heavy (non-hydrogen) atoms.